The monoisotopic (exact) mass is 418 g/mol. The maximum atomic E-state index is 12.5. The van der Waals surface area contributed by atoms with Crippen LogP contribution < -0.4 is 15.8 Å². The van der Waals surface area contributed by atoms with Gasteiger partial charge in [0.25, 0.3) is 0 Å². The summed E-state index contributed by atoms with van der Waals surface area (Å²) in [7, 11) is -3.54. The van der Waals surface area contributed by atoms with E-state index in [-0.39, 0.29) is 18.2 Å². The molecule has 1 aliphatic heterocycles. The van der Waals surface area contributed by atoms with Crippen molar-refractivity contribution in [2.24, 2.45) is 5.73 Å². The van der Waals surface area contributed by atoms with Crippen LogP contribution in [0.1, 0.15) is 12.0 Å². The number of benzene rings is 1. The Balaban J connectivity index is 0.000000941. The van der Waals surface area contributed by atoms with Crippen LogP contribution in [0.2, 0.25) is 0 Å². The molecule has 1 fully saturated rings. The number of likely N-dealkylation sites (tertiary alicyclic amines) is 1. The van der Waals surface area contributed by atoms with Gasteiger partial charge in [-0.2, -0.15) is 0 Å². The fourth-order valence-corrected chi connectivity index (χ4v) is 4.03. The Morgan fingerprint density at radius 3 is 2.52 bits per heavy atom. The summed E-state index contributed by atoms with van der Waals surface area (Å²) in [6.45, 7) is 1.31. The van der Waals surface area contributed by atoms with E-state index in [1.165, 1.54) is 0 Å². The number of hydrogen-bond donors (Lipinski definition) is 4. The quantitative estimate of drug-likeness (QED) is 0.368. The van der Waals surface area contributed by atoms with E-state index in [1.807, 2.05) is 30.3 Å². The minimum absolute atomic E-state index is 0.0994. The van der Waals surface area contributed by atoms with Gasteiger partial charge in [-0.3, -0.25) is 15.2 Å². The van der Waals surface area contributed by atoms with Gasteiger partial charge < -0.3 is 16.0 Å². The number of carbonyl (C=O) groups is 1. The molecule has 5 N–H and O–H groups in total. The number of anilines is 1. The predicted molar refractivity (Wildman–Crippen MR) is 113 cm³/mol. The van der Waals surface area contributed by atoms with Crippen molar-refractivity contribution in [3.8, 4) is 0 Å². The molecule has 9 nitrogen and oxygen atoms in total. The van der Waals surface area contributed by atoms with Crippen molar-refractivity contribution in [2.45, 2.75) is 19.0 Å². The van der Waals surface area contributed by atoms with Crippen LogP contribution in [-0.2, 0) is 21.4 Å². The molecule has 0 bridgehead atoms. The number of nitrogens with one attached hydrogen (secondary N) is 3. The third-order valence-electron chi connectivity index (χ3n) is 4.22. The van der Waals surface area contributed by atoms with Crippen LogP contribution in [0.15, 0.2) is 54.9 Å². The largest absolute Gasteiger partial charge is 0.390 e. The van der Waals surface area contributed by atoms with Crippen molar-refractivity contribution in [2.75, 3.05) is 24.2 Å². The molecular formula is C19H26N6O3S. The fourth-order valence-electron chi connectivity index (χ4n) is 2.88. The summed E-state index contributed by atoms with van der Waals surface area (Å²) in [6.07, 6.45) is 4.50. The van der Waals surface area contributed by atoms with Crippen molar-refractivity contribution in [3.63, 3.8) is 0 Å². The summed E-state index contributed by atoms with van der Waals surface area (Å²) in [6, 6.07) is 12.5. The minimum Gasteiger partial charge on any atom is -0.390 e. The first-order chi connectivity index (χ1) is 13.9. The van der Waals surface area contributed by atoms with Gasteiger partial charge in [-0.15, -0.1) is 0 Å². The second-order valence-electron chi connectivity index (χ2n) is 6.35. The number of rotatable bonds is 8. The first-order valence-corrected chi connectivity index (χ1v) is 10.8. The van der Waals surface area contributed by atoms with E-state index in [1.54, 1.807) is 29.4 Å². The zero-order valence-corrected chi connectivity index (χ0v) is 16.8. The first-order valence-electron chi connectivity index (χ1n) is 9.12. The molecule has 1 atom stereocenters. The van der Waals surface area contributed by atoms with Crippen LogP contribution in [0, 0.1) is 5.41 Å². The second kappa shape index (κ2) is 11.1. The molecular weight excluding hydrogens is 392 g/mol. The third-order valence-corrected chi connectivity index (χ3v) is 5.60. The topological polar surface area (TPSA) is 141 Å². The van der Waals surface area contributed by atoms with Crippen LogP contribution in [0.25, 0.3) is 0 Å². The van der Waals surface area contributed by atoms with Gasteiger partial charge >= 0.3 is 0 Å². The lowest BCUT2D eigenvalue weighted by Gasteiger charge is -2.17. The lowest BCUT2D eigenvalue weighted by atomic mass is 10.2. The van der Waals surface area contributed by atoms with Gasteiger partial charge in [-0.1, -0.05) is 30.3 Å². The molecule has 0 radical (unpaired) electrons. The molecule has 2 aromatic rings. The van der Waals surface area contributed by atoms with E-state index >= 15 is 0 Å². The second-order valence-corrected chi connectivity index (χ2v) is 8.23. The van der Waals surface area contributed by atoms with Gasteiger partial charge in [-0.25, -0.2) is 13.1 Å². The highest BCUT2D eigenvalue weighted by atomic mass is 32.2. The Morgan fingerprint density at radius 1 is 1.21 bits per heavy atom. The lowest BCUT2D eigenvalue weighted by Crippen LogP contribution is -2.43. The molecule has 1 aromatic carbocycles. The molecule has 0 saturated carbocycles. The summed E-state index contributed by atoms with van der Waals surface area (Å²) >= 11 is 0. The van der Waals surface area contributed by atoms with Crippen molar-refractivity contribution in [3.05, 3.63) is 60.4 Å². The van der Waals surface area contributed by atoms with Crippen LogP contribution in [0.3, 0.4) is 0 Å². The normalized spacial score (nSPS) is 16.1. The van der Waals surface area contributed by atoms with Crippen LogP contribution in [0.4, 0.5) is 5.69 Å². The third kappa shape index (κ3) is 7.51. The highest BCUT2D eigenvalue weighted by molar-refractivity contribution is 7.89. The number of amides is 1. The molecule has 0 aliphatic carbocycles. The van der Waals surface area contributed by atoms with Crippen molar-refractivity contribution in [1.29, 1.82) is 5.41 Å². The first kappa shape index (κ1) is 22.3. The highest BCUT2D eigenvalue weighted by Gasteiger charge is 2.34. The molecule has 1 amide bonds. The van der Waals surface area contributed by atoms with Crippen molar-refractivity contribution in [1.82, 2.24) is 14.6 Å². The molecule has 29 heavy (non-hydrogen) atoms. The number of carbonyl (C=O) groups excluding carboxylic acids is 1. The number of nitrogens with two attached hydrogens (primary N) is 1. The molecule has 0 unspecified atom stereocenters. The Hall–Kier alpha value is -2.98. The average molecular weight is 419 g/mol. The number of hydrogen-bond acceptors (Lipinski definition) is 6. The Kier molecular flexibility index (Phi) is 8.56. The Labute approximate surface area is 170 Å². The number of sulfonamides is 1. The van der Waals surface area contributed by atoms with Crippen LogP contribution in [-0.4, -0.2) is 55.4 Å². The van der Waals surface area contributed by atoms with Gasteiger partial charge in [0.1, 0.15) is 6.04 Å². The van der Waals surface area contributed by atoms with Gasteiger partial charge in [0.15, 0.2) is 0 Å². The van der Waals surface area contributed by atoms with Gasteiger partial charge in [0.05, 0.1) is 12.1 Å². The van der Waals surface area contributed by atoms with Crippen molar-refractivity contribution >= 4 is 28.0 Å². The molecule has 0 spiro atoms. The fraction of sp³-hybridized carbons (Fsp3) is 0.316. The molecule has 1 aliphatic rings. The maximum Gasteiger partial charge on any atom is 0.241 e. The number of aromatic nitrogens is 1. The summed E-state index contributed by atoms with van der Waals surface area (Å²) in [5, 5.41) is 8.88. The molecule has 3 rings (SSSR count). The minimum atomic E-state index is -3.54. The van der Waals surface area contributed by atoms with Crippen LogP contribution in [0.5, 0.6) is 0 Å². The predicted octanol–water partition coefficient (Wildman–Crippen LogP) is 0.766. The summed E-state index contributed by atoms with van der Waals surface area (Å²) in [4.78, 5) is 18.1. The molecule has 1 aromatic heterocycles. The van der Waals surface area contributed by atoms with Crippen molar-refractivity contribution < 1.29 is 13.2 Å². The lowest BCUT2D eigenvalue weighted by molar-refractivity contribution is -0.129. The van der Waals surface area contributed by atoms with E-state index < -0.39 is 16.1 Å². The zero-order chi connectivity index (χ0) is 21.1. The summed E-state index contributed by atoms with van der Waals surface area (Å²) < 4.78 is 27.0. The van der Waals surface area contributed by atoms with Crippen LogP contribution >= 0.6 is 0 Å². The summed E-state index contributed by atoms with van der Waals surface area (Å²) in [5.41, 5.74) is 6.23. The Bertz CT molecular complexity index is 877. The molecule has 1 saturated heterocycles. The van der Waals surface area contributed by atoms with Gasteiger partial charge in [0.2, 0.25) is 15.9 Å². The zero-order valence-electron chi connectivity index (χ0n) is 16.0. The maximum absolute atomic E-state index is 12.5. The van der Waals surface area contributed by atoms with E-state index in [0.29, 0.717) is 19.5 Å². The molecule has 10 heteroatoms. The van der Waals surface area contributed by atoms with E-state index in [9.17, 15) is 13.2 Å². The highest BCUT2D eigenvalue weighted by Crippen LogP contribution is 2.16. The molecule has 156 valence electrons. The van der Waals surface area contributed by atoms with E-state index in [0.717, 1.165) is 17.6 Å². The number of pyridine rings is 1. The average Bonchev–Trinajstić information content (AvgIpc) is 3.03. The smallest absolute Gasteiger partial charge is 0.241 e. The summed E-state index contributed by atoms with van der Waals surface area (Å²) in [5.74, 6) is -0.267. The van der Waals surface area contributed by atoms with Gasteiger partial charge in [0, 0.05) is 37.7 Å². The van der Waals surface area contributed by atoms with E-state index in [2.05, 4.69) is 20.8 Å². The van der Waals surface area contributed by atoms with Gasteiger partial charge in [-0.05, 0) is 24.1 Å². The van der Waals surface area contributed by atoms with E-state index in [4.69, 9.17) is 5.41 Å². The standard InChI is InChI=1S/C18H22N4O3S.CH4N2/c23-18-17(8-12-22(18)14-15-4-2-1-3-5-15)21-26(24,25)13-11-20-16-6-9-19-10-7-16;2-1-3/h1-7,9-10,17,21H,8,11-14H2,(H,19,20);1H,(H3,2,3)/t17-;/m0./s1. The SMILES string of the molecule is N=CN.O=C1[C@@H](NS(=O)(=O)CCNc2ccncc2)CCN1Cc1ccccc1. The Morgan fingerprint density at radius 2 is 1.86 bits per heavy atom. The number of nitrogens with zero attached hydrogens (tertiary/aromatic N) is 2. The molecule has 2 heterocycles.